The van der Waals surface area contributed by atoms with Gasteiger partial charge in [0.15, 0.2) is 5.69 Å². The fraction of sp³-hybridized carbons (Fsp3) is 0.125. The number of benzene rings is 1. The minimum atomic E-state index is 0.218. The third kappa shape index (κ3) is 2.58. The van der Waals surface area contributed by atoms with Crippen molar-refractivity contribution in [3.63, 3.8) is 0 Å². The predicted octanol–water partition coefficient (Wildman–Crippen LogP) is 2.22. The molecule has 3 aromatic rings. The maximum absolute atomic E-state index is 9.31. The zero-order valence-corrected chi connectivity index (χ0v) is 12.6. The Balaban J connectivity index is 2.23. The van der Waals surface area contributed by atoms with Gasteiger partial charge in [0.25, 0.3) is 0 Å². The molecular weight excluding hydrogens is 294 g/mol. The van der Waals surface area contributed by atoms with Crippen LogP contribution in [-0.4, -0.2) is 34.2 Å². The third-order valence-corrected chi connectivity index (χ3v) is 3.33. The van der Waals surface area contributed by atoms with Crippen LogP contribution in [0.5, 0.6) is 11.5 Å². The van der Waals surface area contributed by atoms with Crippen molar-refractivity contribution in [2.75, 3.05) is 14.2 Å². The first-order valence-electron chi connectivity index (χ1n) is 6.77. The largest absolute Gasteiger partial charge is 0.497 e. The second-order valence-corrected chi connectivity index (χ2v) is 4.59. The topological polar surface area (TPSA) is 85.9 Å². The van der Waals surface area contributed by atoms with Crippen LogP contribution in [0.25, 0.3) is 16.9 Å². The molecule has 0 aliphatic rings. The Kier molecular flexibility index (Phi) is 3.89. The predicted molar refractivity (Wildman–Crippen MR) is 82.4 cm³/mol. The number of pyridine rings is 1. The van der Waals surface area contributed by atoms with Crippen LogP contribution in [0.1, 0.15) is 5.69 Å². The Hall–Kier alpha value is -3.40. The molecule has 0 aliphatic carbocycles. The van der Waals surface area contributed by atoms with Gasteiger partial charge in [0, 0.05) is 24.0 Å². The summed E-state index contributed by atoms with van der Waals surface area (Å²) in [6, 6.07) is 11.0. The SMILES string of the molecule is COc1ccc(-n2nnc(C#N)c2-c2cccnc2)c(OC)c1. The van der Waals surface area contributed by atoms with E-state index in [1.807, 2.05) is 6.07 Å². The highest BCUT2D eigenvalue weighted by Crippen LogP contribution is 2.31. The fourth-order valence-electron chi connectivity index (χ4n) is 2.25. The van der Waals surface area contributed by atoms with Crippen molar-refractivity contribution < 1.29 is 9.47 Å². The quantitative estimate of drug-likeness (QED) is 0.734. The van der Waals surface area contributed by atoms with Gasteiger partial charge in [-0.25, -0.2) is 4.68 Å². The number of ether oxygens (including phenoxy) is 2. The summed E-state index contributed by atoms with van der Waals surface area (Å²) < 4.78 is 12.2. The summed E-state index contributed by atoms with van der Waals surface area (Å²) in [5, 5.41) is 17.3. The molecule has 0 unspecified atom stereocenters. The summed E-state index contributed by atoms with van der Waals surface area (Å²) in [5.74, 6) is 1.22. The number of hydrogen-bond acceptors (Lipinski definition) is 6. The van der Waals surface area contributed by atoms with Gasteiger partial charge in [0.1, 0.15) is 28.9 Å². The van der Waals surface area contributed by atoms with Gasteiger partial charge in [-0.05, 0) is 24.3 Å². The number of aromatic nitrogens is 4. The molecule has 7 heteroatoms. The average Bonchev–Trinajstić information content (AvgIpc) is 3.05. The van der Waals surface area contributed by atoms with Crippen molar-refractivity contribution in [1.29, 1.82) is 5.26 Å². The van der Waals surface area contributed by atoms with Gasteiger partial charge in [-0.15, -0.1) is 5.10 Å². The van der Waals surface area contributed by atoms with Gasteiger partial charge < -0.3 is 9.47 Å². The minimum Gasteiger partial charge on any atom is -0.497 e. The van der Waals surface area contributed by atoms with Crippen LogP contribution in [0, 0.1) is 11.3 Å². The molecule has 1 aromatic carbocycles. The molecule has 7 nitrogen and oxygen atoms in total. The fourth-order valence-corrected chi connectivity index (χ4v) is 2.25. The van der Waals surface area contributed by atoms with Crippen molar-refractivity contribution in [1.82, 2.24) is 20.0 Å². The Morgan fingerprint density at radius 1 is 1.17 bits per heavy atom. The van der Waals surface area contributed by atoms with E-state index >= 15 is 0 Å². The standard InChI is InChI=1S/C16H13N5O2/c1-22-12-5-6-14(15(8-12)23-2)21-16(13(9-17)19-20-21)11-4-3-7-18-10-11/h3-8,10H,1-2H3. The maximum atomic E-state index is 9.31. The van der Waals surface area contributed by atoms with E-state index in [9.17, 15) is 5.26 Å². The lowest BCUT2D eigenvalue weighted by atomic mass is 10.1. The lowest BCUT2D eigenvalue weighted by molar-refractivity contribution is 0.392. The smallest absolute Gasteiger partial charge is 0.191 e. The average molecular weight is 307 g/mol. The molecule has 0 amide bonds. The Morgan fingerprint density at radius 3 is 2.70 bits per heavy atom. The van der Waals surface area contributed by atoms with Crippen LogP contribution >= 0.6 is 0 Å². The first-order chi connectivity index (χ1) is 11.3. The van der Waals surface area contributed by atoms with Gasteiger partial charge in [-0.2, -0.15) is 5.26 Å². The van der Waals surface area contributed by atoms with E-state index < -0.39 is 0 Å². The Morgan fingerprint density at radius 2 is 2.04 bits per heavy atom. The van der Waals surface area contributed by atoms with E-state index in [1.54, 1.807) is 55.6 Å². The van der Waals surface area contributed by atoms with E-state index in [1.165, 1.54) is 0 Å². The van der Waals surface area contributed by atoms with E-state index in [-0.39, 0.29) is 5.69 Å². The molecule has 0 bridgehead atoms. The normalized spacial score (nSPS) is 10.1. The summed E-state index contributed by atoms with van der Waals surface area (Å²) in [6.07, 6.45) is 3.32. The molecule has 0 N–H and O–H groups in total. The number of nitriles is 1. The molecular formula is C16H13N5O2. The molecule has 3 rings (SSSR count). The molecule has 0 saturated carbocycles. The molecule has 0 fully saturated rings. The Bertz CT molecular complexity index is 868. The van der Waals surface area contributed by atoms with Crippen LogP contribution in [0.2, 0.25) is 0 Å². The zero-order valence-electron chi connectivity index (χ0n) is 12.6. The van der Waals surface area contributed by atoms with Crippen molar-refractivity contribution in [2.24, 2.45) is 0 Å². The van der Waals surface area contributed by atoms with Gasteiger partial charge in [0.2, 0.25) is 0 Å². The van der Waals surface area contributed by atoms with Crippen LogP contribution in [-0.2, 0) is 0 Å². The Labute approximate surface area is 132 Å². The second kappa shape index (κ2) is 6.15. The number of hydrogen-bond donors (Lipinski definition) is 0. The molecule has 0 radical (unpaired) electrons. The number of nitrogens with zero attached hydrogens (tertiary/aromatic N) is 5. The van der Waals surface area contributed by atoms with Crippen molar-refractivity contribution >= 4 is 0 Å². The zero-order chi connectivity index (χ0) is 16.2. The van der Waals surface area contributed by atoms with Gasteiger partial charge >= 0.3 is 0 Å². The highest BCUT2D eigenvalue weighted by Gasteiger charge is 2.19. The van der Waals surface area contributed by atoms with Crippen LogP contribution in [0.15, 0.2) is 42.7 Å². The molecule has 0 aliphatic heterocycles. The van der Waals surface area contributed by atoms with Gasteiger partial charge in [-0.1, -0.05) is 5.21 Å². The molecule has 0 saturated heterocycles. The van der Waals surface area contributed by atoms with Crippen LogP contribution in [0.4, 0.5) is 0 Å². The van der Waals surface area contributed by atoms with Gasteiger partial charge in [0.05, 0.1) is 14.2 Å². The van der Waals surface area contributed by atoms with Crippen LogP contribution in [0.3, 0.4) is 0 Å². The lowest BCUT2D eigenvalue weighted by Gasteiger charge is -2.12. The summed E-state index contributed by atoms with van der Waals surface area (Å²) in [7, 11) is 3.14. The van der Waals surface area contributed by atoms with E-state index in [0.29, 0.717) is 22.9 Å². The highest BCUT2D eigenvalue weighted by atomic mass is 16.5. The molecule has 2 aromatic heterocycles. The summed E-state index contributed by atoms with van der Waals surface area (Å²) >= 11 is 0. The lowest BCUT2D eigenvalue weighted by Crippen LogP contribution is -2.03. The highest BCUT2D eigenvalue weighted by molar-refractivity contribution is 5.67. The minimum absolute atomic E-state index is 0.218. The molecule has 2 heterocycles. The summed E-state index contributed by atoms with van der Waals surface area (Å²) in [4.78, 5) is 4.09. The first kappa shape index (κ1) is 14.5. The molecule has 114 valence electrons. The van der Waals surface area contributed by atoms with E-state index in [4.69, 9.17) is 9.47 Å². The van der Waals surface area contributed by atoms with E-state index in [2.05, 4.69) is 21.4 Å². The van der Waals surface area contributed by atoms with Crippen molar-refractivity contribution in [2.45, 2.75) is 0 Å². The second-order valence-electron chi connectivity index (χ2n) is 4.59. The summed E-state index contributed by atoms with van der Waals surface area (Å²) in [6.45, 7) is 0. The molecule has 0 spiro atoms. The van der Waals surface area contributed by atoms with Gasteiger partial charge in [-0.3, -0.25) is 4.98 Å². The van der Waals surface area contributed by atoms with Crippen molar-refractivity contribution in [3.8, 4) is 34.5 Å². The maximum Gasteiger partial charge on any atom is 0.191 e. The van der Waals surface area contributed by atoms with Crippen molar-refractivity contribution in [3.05, 3.63) is 48.4 Å². The molecule has 0 atom stereocenters. The first-order valence-corrected chi connectivity index (χ1v) is 6.77. The monoisotopic (exact) mass is 307 g/mol. The number of methoxy groups -OCH3 is 2. The number of rotatable bonds is 4. The third-order valence-electron chi connectivity index (χ3n) is 3.33. The van der Waals surface area contributed by atoms with Crippen LogP contribution < -0.4 is 9.47 Å². The van der Waals surface area contributed by atoms with E-state index in [0.717, 1.165) is 5.56 Å². The molecule has 23 heavy (non-hydrogen) atoms. The summed E-state index contributed by atoms with van der Waals surface area (Å²) in [5.41, 5.74) is 2.17.